The zero-order chi connectivity index (χ0) is 30.8. The third kappa shape index (κ3) is 9.68. The number of anilines is 1. The molecule has 0 saturated heterocycles. The summed E-state index contributed by atoms with van der Waals surface area (Å²) < 4.78 is 8.92. The van der Waals surface area contributed by atoms with Gasteiger partial charge in [-0.15, -0.1) is 0 Å². The van der Waals surface area contributed by atoms with Gasteiger partial charge in [-0.1, -0.05) is 139 Å². The monoisotopic (exact) mass is 930 g/mol. The van der Waals surface area contributed by atoms with E-state index in [4.69, 9.17) is 9.29 Å². The molecule has 0 unspecified atom stereocenters. The molecular weight excluding hydrogens is 881 g/mol. The van der Waals surface area contributed by atoms with Crippen molar-refractivity contribution in [3.05, 3.63) is 65.2 Å². The van der Waals surface area contributed by atoms with Crippen molar-refractivity contribution in [1.29, 1.82) is 0 Å². The summed E-state index contributed by atoms with van der Waals surface area (Å²) in [7, 11) is -1.84. The third-order valence-electron chi connectivity index (χ3n) is 6.27. The van der Waals surface area contributed by atoms with Gasteiger partial charge in [-0.3, -0.25) is 4.99 Å². The van der Waals surface area contributed by atoms with Crippen molar-refractivity contribution >= 4 is 94.8 Å². The highest BCUT2D eigenvalue weighted by molar-refractivity contribution is 14.3. The fraction of sp³-hybridized carbons (Fsp3) is 0.567. The number of para-hydroxylation sites is 1. The van der Waals surface area contributed by atoms with Crippen molar-refractivity contribution in [3.8, 4) is 0 Å². The first-order valence-electron chi connectivity index (χ1n) is 14.1. The summed E-state index contributed by atoms with van der Waals surface area (Å²) in [5.74, 6) is 1.95. The van der Waals surface area contributed by atoms with Crippen molar-refractivity contribution in [2.75, 3.05) is 4.23 Å². The van der Waals surface area contributed by atoms with Gasteiger partial charge in [0.25, 0.3) is 0 Å². The number of amidine groups is 1. The molecule has 0 aliphatic carbocycles. The van der Waals surface area contributed by atoms with Crippen LogP contribution < -0.4 is 4.23 Å². The Morgan fingerprint density at radius 3 is 1.65 bits per heavy atom. The molecule has 0 N–H and O–H groups in total. The summed E-state index contributed by atoms with van der Waals surface area (Å²) in [5, 5.41) is 0. The SMILES string of the molecule is CC(C)c1cccc(C(C)C)c1N([Si](C)(C)C)[Si](I)(I)/N=[Si](\I)N(C(=NC(C)(C)C)c1ccccc1)C(C)(C)C. The van der Waals surface area contributed by atoms with Gasteiger partial charge < -0.3 is 13.1 Å². The number of hydrogen-bond acceptors (Lipinski definition) is 3. The predicted molar refractivity (Wildman–Crippen MR) is 211 cm³/mol. The predicted octanol–water partition coefficient (Wildman–Crippen LogP) is 10.9. The summed E-state index contributed by atoms with van der Waals surface area (Å²) in [6, 6.07) is 17.6. The molecule has 0 radical (unpaired) electrons. The van der Waals surface area contributed by atoms with E-state index in [0.717, 1.165) is 11.4 Å². The molecule has 2 aromatic carbocycles. The van der Waals surface area contributed by atoms with Crippen LogP contribution in [-0.2, 0) is 0 Å². The Kier molecular flexibility index (Phi) is 12.8. The summed E-state index contributed by atoms with van der Waals surface area (Å²) in [6.45, 7) is 30.2. The lowest BCUT2D eigenvalue weighted by molar-refractivity contribution is 0.357. The van der Waals surface area contributed by atoms with Crippen molar-refractivity contribution in [1.82, 2.24) is 4.57 Å². The highest BCUT2D eigenvalue weighted by atomic mass is 127. The van der Waals surface area contributed by atoms with E-state index < -0.39 is 17.9 Å². The molecule has 40 heavy (non-hydrogen) atoms. The molecule has 0 fully saturated rings. The maximum Gasteiger partial charge on any atom is 0.403 e. The third-order valence-corrected chi connectivity index (χ3v) is 28.2. The summed E-state index contributed by atoms with van der Waals surface area (Å²) >= 11 is 8.19. The Bertz CT molecular complexity index is 1180. The number of aliphatic imine (C=N–C) groups is 1. The normalized spacial score (nSPS) is 14.2. The first-order valence-corrected chi connectivity index (χ1v) is 30.2. The van der Waals surface area contributed by atoms with E-state index in [1.807, 2.05) is 0 Å². The van der Waals surface area contributed by atoms with Crippen molar-refractivity contribution in [2.45, 2.75) is 112 Å². The molecule has 10 heteroatoms. The quantitative estimate of drug-likeness (QED) is 0.0868. The van der Waals surface area contributed by atoms with Crippen LogP contribution in [0.1, 0.15) is 97.8 Å². The highest BCUT2D eigenvalue weighted by Gasteiger charge is 2.46. The average Bonchev–Trinajstić information content (AvgIpc) is 2.75. The molecule has 2 rings (SSSR count). The van der Waals surface area contributed by atoms with Gasteiger partial charge in [-0.05, 0) is 86.3 Å². The Morgan fingerprint density at radius 2 is 1.27 bits per heavy atom. The summed E-state index contributed by atoms with van der Waals surface area (Å²) in [5.41, 5.74) is 5.16. The zero-order valence-corrected chi connectivity index (χ0v) is 36.2. The summed E-state index contributed by atoms with van der Waals surface area (Å²) in [6.07, 6.45) is -1.41. The lowest BCUT2D eigenvalue weighted by Crippen LogP contribution is -2.59. The first kappa shape index (κ1) is 36.5. The van der Waals surface area contributed by atoms with Gasteiger partial charge in [0.1, 0.15) is 14.1 Å². The Hall–Kier alpha value is 0.351. The molecular formula is C30H49I3N4Si3. The molecule has 0 heterocycles. The van der Waals surface area contributed by atoms with Crippen LogP contribution in [0.15, 0.2) is 57.8 Å². The Balaban J connectivity index is 2.89. The number of rotatable bonds is 8. The van der Waals surface area contributed by atoms with E-state index in [1.54, 1.807) is 0 Å². The van der Waals surface area contributed by atoms with Crippen molar-refractivity contribution in [2.24, 2.45) is 9.29 Å². The number of halogens is 3. The second-order valence-electron chi connectivity index (χ2n) is 14.0. The van der Waals surface area contributed by atoms with Crippen LogP contribution in [0, 0.1) is 0 Å². The molecule has 0 atom stereocenters. The zero-order valence-electron chi connectivity index (χ0n) is 26.7. The largest absolute Gasteiger partial charge is 0.403 e. The fourth-order valence-corrected chi connectivity index (χ4v) is 45.3. The molecule has 4 nitrogen and oxygen atoms in total. The Labute approximate surface area is 286 Å². The molecule has 0 aliphatic rings. The molecule has 0 aliphatic heterocycles. The van der Waals surface area contributed by atoms with Gasteiger partial charge in [-0.2, -0.15) is 0 Å². The van der Waals surface area contributed by atoms with Gasteiger partial charge in [0, 0.05) is 16.8 Å². The van der Waals surface area contributed by atoms with E-state index in [1.165, 1.54) is 16.8 Å². The lowest BCUT2D eigenvalue weighted by atomic mass is 9.93. The van der Waals surface area contributed by atoms with Gasteiger partial charge >= 0.3 is 9.64 Å². The van der Waals surface area contributed by atoms with Gasteiger partial charge in [-0.25, -0.2) is 0 Å². The highest BCUT2D eigenvalue weighted by Crippen LogP contribution is 2.45. The second-order valence-corrected chi connectivity index (χ2v) is 40.7. The summed E-state index contributed by atoms with van der Waals surface area (Å²) in [4.78, 5) is 5.33. The molecule has 2 aromatic rings. The molecule has 0 amide bonds. The number of hydrogen-bond donors (Lipinski definition) is 0. The van der Waals surface area contributed by atoms with Crippen molar-refractivity contribution < 1.29 is 0 Å². The van der Waals surface area contributed by atoms with Crippen LogP contribution in [0.3, 0.4) is 0 Å². The van der Waals surface area contributed by atoms with E-state index in [9.17, 15) is 0 Å². The average molecular weight is 931 g/mol. The van der Waals surface area contributed by atoms with Crippen LogP contribution >= 0.6 is 65.4 Å². The molecule has 0 spiro atoms. The van der Waals surface area contributed by atoms with E-state index >= 15 is 0 Å². The lowest BCUT2D eigenvalue weighted by Gasteiger charge is -2.46. The van der Waals surface area contributed by atoms with Gasteiger partial charge in [0.2, 0.25) is 0 Å². The minimum absolute atomic E-state index is 0.139. The number of nitrogens with zero attached hydrogens (tertiary/aromatic N) is 4. The van der Waals surface area contributed by atoms with Crippen LogP contribution in [0.5, 0.6) is 0 Å². The fourth-order valence-electron chi connectivity index (χ4n) is 4.68. The van der Waals surface area contributed by atoms with E-state index in [2.05, 4.69) is 212 Å². The topological polar surface area (TPSA) is 31.2 Å². The van der Waals surface area contributed by atoms with Gasteiger partial charge in [0.15, 0.2) is 0 Å². The molecule has 0 bridgehead atoms. The molecule has 0 aromatic heterocycles. The van der Waals surface area contributed by atoms with Gasteiger partial charge in [0.05, 0.1) is 5.54 Å². The van der Waals surface area contributed by atoms with E-state index in [-0.39, 0.29) is 11.1 Å². The maximum atomic E-state index is 5.90. The standard InChI is InChI=1S/C30H49I3N4Si3/c1-22(2)25-20-17-21-26(23(3)4)27(25)37(39(11,12)13)40(32,33)35-38(31)36(30(8,9)10)28(34-29(5,6)7)24-18-15-14-16-19-24/h14-23H,1-13H3/b34-28?,38-35+. The van der Waals surface area contributed by atoms with Crippen LogP contribution in [-0.4, -0.2) is 39.4 Å². The van der Waals surface area contributed by atoms with Crippen LogP contribution in [0.2, 0.25) is 19.6 Å². The second kappa shape index (κ2) is 14.0. The minimum atomic E-state index is -2.37. The maximum absolute atomic E-state index is 5.90. The van der Waals surface area contributed by atoms with Crippen LogP contribution in [0.25, 0.3) is 0 Å². The Morgan fingerprint density at radius 1 is 0.800 bits per heavy atom. The number of benzene rings is 2. The van der Waals surface area contributed by atoms with Crippen LogP contribution in [0.4, 0.5) is 5.69 Å². The first-order chi connectivity index (χ1) is 18.1. The van der Waals surface area contributed by atoms with E-state index in [0.29, 0.717) is 11.8 Å². The van der Waals surface area contributed by atoms with Crippen molar-refractivity contribution in [3.63, 3.8) is 0 Å². The smallest absolute Gasteiger partial charge is 0.392 e. The molecule has 222 valence electrons. The minimum Gasteiger partial charge on any atom is -0.392 e. The molecule has 0 saturated carbocycles.